The van der Waals surface area contributed by atoms with Crippen LogP contribution in [-0.4, -0.2) is 65.9 Å². The number of piperazine rings is 1. The van der Waals surface area contributed by atoms with Crippen LogP contribution in [-0.2, 0) is 4.79 Å². The number of para-hydroxylation sites is 3. The van der Waals surface area contributed by atoms with Crippen molar-refractivity contribution in [3.05, 3.63) is 64.2 Å². The Morgan fingerprint density at radius 3 is 2.19 bits per heavy atom. The second kappa shape index (κ2) is 9.83. The number of hydrogen-bond acceptors (Lipinski definition) is 6. The predicted octanol–water partition coefficient (Wildman–Crippen LogP) is 2.56. The molecule has 3 rings (SSSR count). The van der Waals surface area contributed by atoms with Crippen molar-refractivity contribution in [3.8, 4) is 11.5 Å². The molecule has 0 spiro atoms. The smallest absolute Gasteiger partial charge is 0.387 e. The van der Waals surface area contributed by atoms with Gasteiger partial charge in [0.15, 0.2) is 12.4 Å². The van der Waals surface area contributed by atoms with Crippen LogP contribution >= 0.6 is 0 Å². The van der Waals surface area contributed by atoms with Crippen molar-refractivity contribution >= 4 is 17.5 Å². The number of benzene rings is 2. The van der Waals surface area contributed by atoms with E-state index in [0.717, 1.165) is 0 Å². The Hall–Kier alpha value is -3.76. The molecule has 1 fully saturated rings. The number of amides is 2. The maximum Gasteiger partial charge on any atom is 0.387 e. The molecular weight excluding hydrogens is 416 g/mol. The first-order valence-electron chi connectivity index (χ1n) is 9.34. The molecule has 0 radical (unpaired) electrons. The van der Waals surface area contributed by atoms with Crippen molar-refractivity contribution in [1.82, 2.24) is 9.80 Å². The molecule has 11 heteroatoms. The molecule has 2 amide bonds. The number of hydrogen-bond donors (Lipinski definition) is 0. The van der Waals surface area contributed by atoms with Gasteiger partial charge >= 0.3 is 12.3 Å². The molecule has 2 aromatic rings. The predicted molar refractivity (Wildman–Crippen MR) is 104 cm³/mol. The largest absolute Gasteiger partial charge is 0.477 e. The molecule has 1 aliphatic heterocycles. The van der Waals surface area contributed by atoms with Gasteiger partial charge < -0.3 is 19.3 Å². The molecule has 0 saturated carbocycles. The van der Waals surface area contributed by atoms with E-state index in [1.807, 2.05) is 0 Å². The molecule has 0 aliphatic carbocycles. The van der Waals surface area contributed by atoms with Gasteiger partial charge in [0.2, 0.25) is 0 Å². The third kappa shape index (κ3) is 5.44. The third-order valence-electron chi connectivity index (χ3n) is 4.67. The lowest BCUT2D eigenvalue weighted by atomic mass is 10.1. The fourth-order valence-corrected chi connectivity index (χ4v) is 3.13. The normalized spacial score (nSPS) is 13.8. The summed E-state index contributed by atoms with van der Waals surface area (Å²) in [7, 11) is 0. The summed E-state index contributed by atoms with van der Waals surface area (Å²) in [4.78, 5) is 38.4. The van der Waals surface area contributed by atoms with Crippen LogP contribution in [0.25, 0.3) is 0 Å². The Balaban J connectivity index is 1.56. The zero-order valence-corrected chi connectivity index (χ0v) is 16.3. The van der Waals surface area contributed by atoms with Gasteiger partial charge in [-0.25, -0.2) is 0 Å². The number of nitro groups is 1. The highest BCUT2D eigenvalue weighted by Crippen LogP contribution is 2.26. The molecule has 0 unspecified atom stereocenters. The molecule has 1 saturated heterocycles. The average Bonchev–Trinajstić information content (AvgIpc) is 2.77. The summed E-state index contributed by atoms with van der Waals surface area (Å²) in [6, 6.07) is 11.5. The van der Waals surface area contributed by atoms with Crippen molar-refractivity contribution in [1.29, 1.82) is 0 Å². The van der Waals surface area contributed by atoms with Crippen LogP contribution in [0.1, 0.15) is 10.4 Å². The fourth-order valence-electron chi connectivity index (χ4n) is 3.13. The van der Waals surface area contributed by atoms with Gasteiger partial charge in [-0.3, -0.25) is 19.7 Å². The van der Waals surface area contributed by atoms with E-state index in [1.54, 1.807) is 12.1 Å². The Kier molecular flexibility index (Phi) is 6.96. The average molecular weight is 435 g/mol. The number of halogens is 2. The van der Waals surface area contributed by atoms with E-state index in [0.29, 0.717) is 0 Å². The summed E-state index contributed by atoms with van der Waals surface area (Å²) >= 11 is 0. The van der Waals surface area contributed by atoms with Crippen LogP contribution in [0.15, 0.2) is 48.5 Å². The Labute approximate surface area is 175 Å². The monoisotopic (exact) mass is 435 g/mol. The molecule has 1 heterocycles. The Morgan fingerprint density at radius 1 is 0.968 bits per heavy atom. The molecule has 0 atom stereocenters. The van der Waals surface area contributed by atoms with Gasteiger partial charge in [-0.1, -0.05) is 24.3 Å². The molecule has 2 aromatic carbocycles. The summed E-state index contributed by atoms with van der Waals surface area (Å²) in [5.74, 6) is -1.07. The number of nitro benzene ring substituents is 1. The minimum absolute atomic E-state index is 0.00898. The van der Waals surface area contributed by atoms with E-state index >= 15 is 0 Å². The van der Waals surface area contributed by atoms with Crippen LogP contribution in [0.2, 0.25) is 0 Å². The van der Waals surface area contributed by atoms with Crippen molar-refractivity contribution in [2.45, 2.75) is 6.61 Å². The minimum Gasteiger partial charge on any atom is -0.477 e. The standard InChI is InChI=1S/C20H19F2N3O6/c21-20(22)31-16-7-3-1-5-14(16)19(27)24-11-9-23(10-12-24)18(26)13-30-17-8-4-2-6-15(17)25(28)29/h1-8,20H,9-13H2. The Bertz CT molecular complexity index is 963. The van der Waals surface area contributed by atoms with Crippen molar-refractivity contribution in [3.63, 3.8) is 0 Å². The van der Waals surface area contributed by atoms with Gasteiger partial charge in [0.05, 0.1) is 10.5 Å². The summed E-state index contributed by atoms with van der Waals surface area (Å²) in [5, 5.41) is 11.0. The lowest BCUT2D eigenvalue weighted by Gasteiger charge is -2.35. The van der Waals surface area contributed by atoms with Crippen LogP contribution in [0.4, 0.5) is 14.5 Å². The highest BCUT2D eigenvalue weighted by Gasteiger charge is 2.27. The molecule has 0 N–H and O–H groups in total. The van der Waals surface area contributed by atoms with Crippen LogP contribution < -0.4 is 9.47 Å². The fraction of sp³-hybridized carbons (Fsp3) is 0.300. The van der Waals surface area contributed by atoms with Gasteiger partial charge in [0.25, 0.3) is 11.8 Å². The van der Waals surface area contributed by atoms with Gasteiger partial charge in [0, 0.05) is 32.2 Å². The first-order valence-corrected chi connectivity index (χ1v) is 9.34. The SMILES string of the molecule is O=C(COc1ccccc1[N+](=O)[O-])N1CCN(C(=O)c2ccccc2OC(F)F)CC1. The zero-order chi connectivity index (χ0) is 22.4. The van der Waals surface area contributed by atoms with Crippen molar-refractivity contribution in [2.75, 3.05) is 32.8 Å². The minimum atomic E-state index is -3.05. The van der Waals surface area contributed by atoms with E-state index in [2.05, 4.69) is 4.74 Å². The number of carbonyl (C=O) groups is 2. The lowest BCUT2D eigenvalue weighted by Crippen LogP contribution is -2.51. The summed E-state index contributed by atoms with van der Waals surface area (Å²) in [6.07, 6.45) is 0. The lowest BCUT2D eigenvalue weighted by molar-refractivity contribution is -0.385. The van der Waals surface area contributed by atoms with Gasteiger partial charge in [-0.2, -0.15) is 8.78 Å². The molecule has 164 valence electrons. The summed E-state index contributed by atoms with van der Waals surface area (Å²) in [6.45, 7) is -2.63. The molecule has 1 aliphatic rings. The Morgan fingerprint density at radius 2 is 1.55 bits per heavy atom. The zero-order valence-electron chi connectivity index (χ0n) is 16.3. The molecule has 0 aromatic heterocycles. The molecule has 31 heavy (non-hydrogen) atoms. The van der Waals surface area contributed by atoms with Crippen LogP contribution in [0.5, 0.6) is 11.5 Å². The van der Waals surface area contributed by atoms with E-state index in [-0.39, 0.29) is 61.4 Å². The topological polar surface area (TPSA) is 102 Å². The quantitative estimate of drug-likeness (QED) is 0.489. The molecule has 9 nitrogen and oxygen atoms in total. The second-order valence-electron chi connectivity index (χ2n) is 6.56. The van der Waals surface area contributed by atoms with Crippen LogP contribution in [0.3, 0.4) is 0 Å². The number of alkyl halides is 2. The number of carbonyl (C=O) groups excluding carboxylic acids is 2. The maximum absolute atomic E-state index is 12.7. The molecule has 0 bridgehead atoms. The highest BCUT2D eigenvalue weighted by molar-refractivity contribution is 5.97. The number of ether oxygens (including phenoxy) is 2. The van der Waals surface area contributed by atoms with E-state index in [1.165, 1.54) is 46.2 Å². The van der Waals surface area contributed by atoms with E-state index in [9.17, 15) is 28.5 Å². The van der Waals surface area contributed by atoms with Crippen LogP contribution in [0, 0.1) is 10.1 Å². The van der Waals surface area contributed by atoms with Crippen molar-refractivity contribution < 1.29 is 32.8 Å². The number of rotatable bonds is 7. The first kappa shape index (κ1) is 21.9. The van der Waals surface area contributed by atoms with E-state index in [4.69, 9.17) is 4.74 Å². The maximum atomic E-state index is 12.7. The molecular formula is C20H19F2N3O6. The van der Waals surface area contributed by atoms with Crippen molar-refractivity contribution in [2.24, 2.45) is 0 Å². The van der Waals surface area contributed by atoms with Gasteiger partial charge in [-0.15, -0.1) is 0 Å². The third-order valence-corrected chi connectivity index (χ3v) is 4.67. The first-order chi connectivity index (χ1) is 14.9. The second-order valence-corrected chi connectivity index (χ2v) is 6.56. The van der Waals surface area contributed by atoms with E-state index < -0.39 is 17.4 Å². The summed E-state index contributed by atoms with van der Waals surface area (Å²) in [5.41, 5.74) is -0.224. The number of nitrogens with zero attached hydrogens (tertiary/aromatic N) is 3. The summed E-state index contributed by atoms with van der Waals surface area (Å²) < 4.78 is 34.9. The highest BCUT2D eigenvalue weighted by atomic mass is 19.3. The van der Waals surface area contributed by atoms with Gasteiger partial charge in [-0.05, 0) is 18.2 Å². The van der Waals surface area contributed by atoms with Gasteiger partial charge in [0.1, 0.15) is 5.75 Å².